The Morgan fingerprint density at radius 3 is 2.63 bits per heavy atom. The minimum atomic E-state index is -1.21. The van der Waals surface area contributed by atoms with Crippen LogP contribution in [0.3, 0.4) is 0 Å². The molecule has 1 saturated carbocycles. The van der Waals surface area contributed by atoms with E-state index < -0.39 is 24.0 Å². The third-order valence-corrected chi connectivity index (χ3v) is 6.42. The molecule has 2 aromatic heterocycles. The predicted molar refractivity (Wildman–Crippen MR) is 128 cm³/mol. The number of hydrogen-bond acceptors (Lipinski definition) is 7. The predicted octanol–water partition coefficient (Wildman–Crippen LogP) is 4.58. The van der Waals surface area contributed by atoms with Gasteiger partial charge in [0.15, 0.2) is 12.4 Å². The summed E-state index contributed by atoms with van der Waals surface area (Å²) >= 11 is 6.45. The number of hydrogen-bond donors (Lipinski definition) is 0. The lowest BCUT2D eigenvalue weighted by Gasteiger charge is -2.43. The van der Waals surface area contributed by atoms with E-state index >= 15 is 0 Å². The Morgan fingerprint density at radius 1 is 1.09 bits per heavy atom. The third-order valence-electron chi connectivity index (χ3n) is 6.09. The number of aromatic nitrogens is 2. The lowest BCUT2D eigenvalue weighted by Crippen LogP contribution is -2.55. The molecule has 1 amide bonds. The summed E-state index contributed by atoms with van der Waals surface area (Å²) in [5, 5.41) is 0.409. The zero-order valence-electron chi connectivity index (χ0n) is 19.1. The lowest BCUT2D eigenvalue weighted by atomic mass is 9.74. The highest BCUT2D eigenvalue weighted by molar-refractivity contribution is 6.31. The Kier molecular flexibility index (Phi) is 7.41. The summed E-state index contributed by atoms with van der Waals surface area (Å²) in [6.07, 6.45) is 6.85. The van der Waals surface area contributed by atoms with Gasteiger partial charge in [0.2, 0.25) is 5.88 Å². The number of rotatable bonds is 7. The summed E-state index contributed by atoms with van der Waals surface area (Å²) in [4.78, 5) is 48.6. The number of ketones is 1. The second-order valence-electron chi connectivity index (χ2n) is 8.15. The van der Waals surface area contributed by atoms with E-state index in [1.54, 1.807) is 55.7 Å². The molecule has 4 rings (SSSR count). The van der Waals surface area contributed by atoms with Gasteiger partial charge in [0.05, 0.1) is 6.20 Å². The number of ether oxygens (including phenoxy) is 2. The molecule has 35 heavy (non-hydrogen) atoms. The van der Waals surface area contributed by atoms with Crippen LogP contribution in [0.1, 0.15) is 41.6 Å². The first-order valence-electron chi connectivity index (χ1n) is 11.2. The molecule has 8 nitrogen and oxygen atoms in total. The molecule has 3 aromatic rings. The number of amides is 1. The van der Waals surface area contributed by atoms with Gasteiger partial charge in [0.25, 0.3) is 5.91 Å². The molecule has 0 spiro atoms. The highest BCUT2D eigenvalue weighted by atomic mass is 35.5. The number of Topliss-reactive ketones (excluding diaryl/α,β-unsaturated/α-hetero) is 1. The molecule has 1 atom stereocenters. The maximum Gasteiger partial charge on any atom is 0.344 e. The van der Waals surface area contributed by atoms with Crippen molar-refractivity contribution in [2.75, 3.05) is 13.7 Å². The molecule has 0 aliphatic heterocycles. The Bertz CT molecular complexity index is 1240. The van der Waals surface area contributed by atoms with E-state index in [0.29, 0.717) is 29.2 Å². The quantitative estimate of drug-likeness (QED) is 0.444. The smallest absolute Gasteiger partial charge is 0.344 e. The summed E-state index contributed by atoms with van der Waals surface area (Å²) in [5.74, 6) is -0.957. The number of halogens is 1. The van der Waals surface area contributed by atoms with Gasteiger partial charge in [-0.1, -0.05) is 29.8 Å². The number of benzene rings is 1. The fourth-order valence-corrected chi connectivity index (χ4v) is 4.58. The van der Waals surface area contributed by atoms with Gasteiger partial charge in [-0.3, -0.25) is 14.6 Å². The topological polar surface area (TPSA) is 98.7 Å². The number of likely N-dealkylation sites (N-methyl/N-ethyl adjacent to an activating group) is 1. The van der Waals surface area contributed by atoms with Crippen LogP contribution in [0.2, 0.25) is 5.02 Å². The highest BCUT2D eigenvalue weighted by Gasteiger charge is 2.48. The fourth-order valence-electron chi connectivity index (χ4n) is 4.29. The molecule has 2 heterocycles. The van der Waals surface area contributed by atoms with Crippen molar-refractivity contribution in [1.29, 1.82) is 0 Å². The first-order valence-corrected chi connectivity index (χ1v) is 11.6. The molecule has 0 saturated heterocycles. The summed E-state index contributed by atoms with van der Waals surface area (Å²) in [5.41, 5.74) is -0.572. The summed E-state index contributed by atoms with van der Waals surface area (Å²) in [7, 11) is 1.55. The van der Waals surface area contributed by atoms with Crippen molar-refractivity contribution in [1.82, 2.24) is 14.9 Å². The summed E-state index contributed by atoms with van der Waals surface area (Å²) < 4.78 is 11.0. The van der Waals surface area contributed by atoms with Crippen LogP contribution >= 0.6 is 11.6 Å². The van der Waals surface area contributed by atoms with E-state index in [9.17, 15) is 14.4 Å². The zero-order chi connectivity index (χ0) is 24.8. The molecule has 1 aromatic carbocycles. The van der Waals surface area contributed by atoms with Gasteiger partial charge in [-0.15, -0.1) is 0 Å². The first kappa shape index (κ1) is 24.3. The summed E-state index contributed by atoms with van der Waals surface area (Å²) in [6, 6.07) is 13.4. The first-order chi connectivity index (χ1) is 16.9. The van der Waals surface area contributed by atoms with Gasteiger partial charge >= 0.3 is 5.97 Å². The second-order valence-corrected chi connectivity index (χ2v) is 8.55. The Balaban J connectivity index is 1.52. The molecular weight excluding hydrogens is 470 g/mol. The monoisotopic (exact) mass is 493 g/mol. The number of carbonyl (C=O) groups excluding carboxylic acids is 3. The molecule has 1 aliphatic rings. The Hall–Kier alpha value is -3.78. The second kappa shape index (κ2) is 10.7. The molecular formula is C26H24ClN3O5. The number of esters is 1. The van der Waals surface area contributed by atoms with E-state index in [1.165, 1.54) is 23.4 Å². The molecule has 9 heteroatoms. The van der Waals surface area contributed by atoms with Crippen molar-refractivity contribution in [2.24, 2.45) is 0 Å². The van der Waals surface area contributed by atoms with Crippen LogP contribution in [0.25, 0.3) is 0 Å². The fraction of sp³-hybridized carbons (Fsp3) is 0.269. The maximum atomic E-state index is 13.2. The average molecular weight is 494 g/mol. The van der Waals surface area contributed by atoms with E-state index in [0.717, 1.165) is 12.8 Å². The minimum Gasteiger partial charge on any atom is -0.452 e. The van der Waals surface area contributed by atoms with Gasteiger partial charge in [-0.05, 0) is 49.6 Å². The molecule has 180 valence electrons. The normalized spacial score (nSPS) is 17.5. The molecule has 1 fully saturated rings. The number of pyridine rings is 2. The van der Waals surface area contributed by atoms with Crippen molar-refractivity contribution >= 4 is 29.3 Å². The summed E-state index contributed by atoms with van der Waals surface area (Å²) in [6.45, 7) is -0.559. The SMILES string of the molecule is CN(C(=O)COC(=O)c1cccnc1Oc1cccnc1)C1(c2ccccc2Cl)CCCCC1=O. The molecule has 0 radical (unpaired) electrons. The maximum absolute atomic E-state index is 13.2. The van der Waals surface area contributed by atoms with Crippen LogP contribution in [0.5, 0.6) is 11.6 Å². The van der Waals surface area contributed by atoms with Gasteiger partial charge in [0, 0.05) is 36.4 Å². The standard InChI is InChI=1S/C26H24ClN3O5/c1-30(26(13-5-4-12-22(26)31)20-10-2-3-11-21(20)27)23(32)17-34-25(33)19-9-7-15-29-24(19)35-18-8-6-14-28-16-18/h2-3,6-11,14-16H,4-5,12-13,17H2,1H3. The third kappa shape index (κ3) is 5.02. The van der Waals surface area contributed by atoms with Crippen molar-refractivity contribution in [3.63, 3.8) is 0 Å². The largest absolute Gasteiger partial charge is 0.452 e. The minimum absolute atomic E-state index is 0.0290. The highest BCUT2D eigenvalue weighted by Crippen LogP contribution is 2.42. The van der Waals surface area contributed by atoms with Crippen molar-refractivity contribution < 1.29 is 23.9 Å². The van der Waals surface area contributed by atoms with Crippen molar-refractivity contribution in [2.45, 2.75) is 31.2 Å². The van der Waals surface area contributed by atoms with Gasteiger partial charge in [0.1, 0.15) is 16.9 Å². The average Bonchev–Trinajstić information content (AvgIpc) is 2.88. The van der Waals surface area contributed by atoms with E-state index in [2.05, 4.69) is 9.97 Å². The molecule has 0 N–H and O–H groups in total. The van der Waals surface area contributed by atoms with Gasteiger partial charge in [-0.2, -0.15) is 0 Å². The van der Waals surface area contributed by atoms with Crippen molar-refractivity contribution in [3.8, 4) is 11.6 Å². The van der Waals surface area contributed by atoms with E-state index in [4.69, 9.17) is 21.1 Å². The zero-order valence-corrected chi connectivity index (χ0v) is 19.9. The molecule has 0 bridgehead atoms. The molecule has 1 unspecified atom stereocenters. The van der Waals surface area contributed by atoms with Gasteiger partial charge in [-0.25, -0.2) is 9.78 Å². The lowest BCUT2D eigenvalue weighted by molar-refractivity contribution is -0.150. The van der Waals surface area contributed by atoms with Gasteiger partial charge < -0.3 is 14.4 Å². The van der Waals surface area contributed by atoms with Crippen molar-refractivity contribution in [3.05, 3.63) is 83.3 Å². The molecule has 1 aliphatic carbocycles. The van der Waals surface area contributed by atoms with Crippen LogP contribution in [0, 0.1) is 0 Å². The van der Waals surface area contributed by atoms with E-state index in [-0.39, 0.29) is 17.2 Å². The van der Waals surface area contributed by atoms with Crippen LogP contribution in [0.4, 0.5) is 0 Å². The van der Waals surface area contributed by atoms with Crippen LogP contribution < -0.4 is 4.74 Å². The Morgan fingerprint density at radius 2 is 1.89 bits per heavy atom. The van der Waals surface area contributed by atoms with Crippen LogP contribution in [-0.4, -0.2) is 46.2 Å². The van der Waals surface area contributed by atoms with E-state index in [1.807, 2.05) is 0 Å². The number of carbonyl (C=O) groups is 3. The Labute approximate surface area is 207 Å². The number of nitrogens with zero attached hydrogens (tertiary/aromatic N) is 3. The van der Waals surface area contributed by atoms with Crippen LogP contribution in [-0.2, 0) is 19.9 Å². The van der Waals surface area contributed by atoms with Crippen LogP contribution in [0.15, 0.2) is 67.1 Å².